The van der Waals surface area contributed by atoms with Gasteiger partial charge in [0.05, 0.1) is 34.6 Å². The summed E-state index contributed by atoms with van der Waals surface area (Å²) in [4.78, 5) is 33.1. The second-order valence-electron chi connectivity index (χ2n) is 8.50. The van der Waals surface area contributed by atoms with Gasteiger partial charge in [-0.15, -0.1) is 0 Å². The number of fused-ring (bicyclic) bond motifs is 2. The van der Waals surface area contributed by atoms with Crippen molar-refractivity contribution in [1.82, 2.24) is 35.1 Å². The smallest absolute Gasteiger partial charge is 0.224 e. The molecule has 0 unspecified atom stereocenters. The van der Waals surface area contributed by atoms with Gasteiger partial charge in [-0.25, -0.2) is 4.98 Å². The van der Waals surface area contributed by atoms with Crippen LogP contribution in [0.5, 0.6) is 0 Å². The lowest BCUT2D eigenvalue weighted by molar-refractivity contribution is -0.116. The molecule has 5 aromatic heterocycles. The highest BCUT2D eigenvalue weighted by atomic mass is 16.1. The average molecular weight is 475 g/mol. The Kier molecular flexibility index (Phi) is 5.42. The van der Waals surface area contributed by atoms with Crippen molar-refractivity contribution in [2.75, 3.05) is 5.32 Å². The summed E-state index contributed by atoms with van der Waals surface area (Å²) in [5.41, 5.74) is 7.69. The maximum atomic E-state index is 12.0. The number of aromatic nitrogens is 7. The molecule has 0 aliphatic carbocycles. The normalized spacial score (nSPS) is 11.2. The summed E-state index contributed by atoms with van der Waals surface area (Å²) in [6.07, 6.45) is 11.8. The molecular weight excluding hydrogens is 452 g/mol. The number of aromatic amines is 2. The van der Waals surface area contributed by atoms with E-state index in [9.17, 15) is 4.79 Å². The Morgan fingerprint density at radius 2 is 1.75 bits per heavy atom. The quantitative estimate of drug-likeness (QED) is 0.298. The monoisotopic (exact) mass is 474 g/mol. The van der Waals surface area contributed by atoms with E-state index in [-0.39, 0.29) is 5.91 Å². The van der Waals surface area contributed by atoms with Gasteiger partial charge in [0.15, 0.2) is 5.82 Å². The number of rotatable bonds is 6. The van der Waals surface area contributed by atoms with Crippen LogP contribution in [0.2, 0.25) is 0 Å². The number of nitrogens with one attached hydrogen (secondary N) is 3. The highest BCUT2D eigenvalue weighted by Gasteiger charge is 2.16. The first-order valence-electron chi connectivity index (χ1n) is 11.7. The van der Waals surface area contributed by atoms with E-state index >= 15 is 0 Å². The van der Waals surface area contributed by atoms with E-state index < -0.39 is 0 Å². The molecule has 36 heavy (non-hydrogen) atoms. The van der Waals surface area contributed by atoms with Crippen molar-refractivity contribution in [1.29, 1.82) is 0 Å². The molecule has 0 spiro atoms. The molecule has 5 heterocycles. The van der Waals surface area contributed by atoms with Crippen molar-refractivity contribution in [2.24, 2.45) is 0 Å². The van der Waals surface area contributed by atoms with Crippen LogP contribution in [0.25, 0.3) is 55.7 Å². The highest BCUT2D eigenvalue weighted by molar-refractivity contribution is 5.98. The molecular formula is C27H22N8O. The maximum Gasteiger partial charge on any atom is 0.224 e. The number of imidazole rings is 1. The lowest BCUT2D eigenvalue weighted by Gasteiger charge is -2.07. The van der Waals surface area contributed by atoms with E-state index in [0.717, 1.165) is 50.6 Å². The molecule has 0 fully saturated rings. The SMILES string of the molecule is CCCC(=O)Nc1cncc(-c2ccc3[nH]nc(-c4nc5c(-c6ccncc6)cncc5[nH]4)c3c2)c1. The van der Waals surface area contributed by atoms with Gasteiger partial charge < -0.3 is 10.3 Å². The van der Waals surface area contributed by atoms with Crippen molar-refractivity contribution >= 4 is 33.5 Å². The molecule has 176 valence electrons. The Morgan fingerprint density at radius 1 is 0.889 bits per heavy atom. The van der Waals surface area contributed by atoms with Crippen molar-refractivity contribution < 1.29 is 4.79 Å². The molecule has 0 bridgehead atoms. The number of carbonyl (C=O) groups excluding carboxylic acids is 1. The largest absolute Gasteiger partial charge is 0.335 e. The number of nitrogens with zero attached hydrogens (tertiary/aromatic N) is 5. The third-order valence-electron chi connectivity index (χ3n) is 6.01. The fraction of sp³-hybridized carbons (Fsp3) is 0.111. The Balaban J connectivity index is 1.40. The minimum Gasteiger partial charge on any atom is -0.335 e. The molecule has 1 aromatic carbocycles. The van der Waals surface area contributed by atoms with Crippen LogP contribution in [0, 0.1) is 0 Å². The van der Waals surface area contributed by atoms with Crippen molar-refractivity contribution in [3.63, 3.8) is 0 Å². The van der Waals surface area contributed by atoms with Crippen LogP contribution in [0.4, 0.5) is 5.69 Å². The summed E-state index contributed by atoms with van der Waals surface area (Å²) in [5.74, 6) is 0.630. The van der Waals surface area contributed by atoms with Gasteiger partial charge in [0.1, 0.15) is 5.69 Å². The molecule has 3 N–H and O–H groups in total. The minimum absolute atomic E-state index is 0.0190. The predicted molar refractivity (Wildman–Crippen MR) is 139 cm³/mol. The Morgan fingerprint density at radius 3 is 2.61 bits per heavy atom. The number of anilines is 1. The molecule has 1 amide bonds. The lowest BCUT2D eigenvalue weighted by Crippen LogP contribution is -2.10. The third-order valence-corrected chi connectivity index (χ3v) is 6.01. The molecule has 9 nitrogen and oxygen atoms in total. The Labute approximate surface area is 206 Å². The number of amides is 1. The second kappa shape index (κ2) is 9.03. The third kappa shape index (κ3) is 3.96. The number of hydrogen-bond donors (Lipinski definition) is 3. The number of H-pyrrole nitrogens is 2. The number of benzene rings is 1. The van der Waals surface area contributed by atoms with Crippen LogP contribution >= 0.6 is 0 Å². The molecule has 9 heteroatoms. The van der Waals surface area contributed by atoms with Crippen molar-refractivity contribution in [2.45, 2.75) is 19.8 Å². The molecule has 6 rings (SSSR count). The zero-order chi connectivity index (χ0) is 24.5. The van der Waals surface area contributed by atoms with Crippen LogP contribution in [0.15, 0.2) is 73.6 Å². The zero-order valence-electron chi connectivity index (χ0n) is 19.5. The first-order valence-corrected chi connectivity index (χ1v) is 11.7. The first-order chi connectivity index (χ1) is 17.7. The second-order valence-corrected chi connectivity index (χ2v) is 8.50. The van der Waals surface area contributed by atoms with E-state index in [0.29, 0.717) is 23.6 Å². The molecule has 0 radical (unpaired) electrons. The molecule has 6 aromatic rings. The molecule has 0 saturated carbocycles. The van der Waals surface area contributed by atoms with E-state index in [2.05, 4.69) is 41.5 Å². The molecule has 0 atom stereocenters. The summed E-state index contributed by atoms with van der Waals surface area (Å²) < 4.78 is 0. The Bertz CT molecular complexity index is 1700. The fourth-order valence-electron chi connectivity index (χ4n) is 4.28. The first kappa shape index (κ1) is 21.6. The zero-order valence-corrected chi connectivity index (χ0v) is 19.5. The topological polar surface area (TPSA) is 125 Å². The summed E-state index contributed by atoms with van der Waals surface area (Å²) in [6, 6.07) is 11.8. The van der Waals surface area contributed by atoms with Gasteiger partial charge in [-0.2, -0.15) is 5.10 Å². The van der Waals surface area contributed by atoms with Gasteiger partial charge in [-0.05, 0) is 47.9 Å². The Hall–Kier alpha value is -4.92. The number of pyridine rings is 3. The summed E-state index contributed by atoms with van der Waals surface area (Å²) in [7, 11) is 0. The van der Waals surface area contributed by atoms with Crippen LogP contribution in [0.3, 0.4) is 0 Å². The maximum absolute atomic E-state index is 12.0. The summed E-state index contributed by atoms with van der Waals surface area (Å²) in [5, 5.41) is 11.5. The number of hydrogen-bond acceptors (Lipinski definition) is 6. The van der Waals surface area contributed by atoms with Gasteiger partial charge >= 0.3 is 0 Å². The van der Waals surface area contributed by atoms with Gasteiger partial charge in [-0.3, -0.25) is 24.8 Å². The van der Waals surface area contributed by atoms with Gasteiger partial charge in [0.2, 0.25) is 5.91 Å². The van der Waals surface area contributed by atoms with Crippen molar-refractivity contribution in [3.8, 4) is 33.8 Å². The van der Waals surface area contributed by atoms with E-state index in [1.54, 1.807) is 31.0 Å². The van der Waals surface area contributed by atoms with E-state index in [1.807, 2.05) is 43.5 Å². The lowest BCUT2D eigenvalue weighted by atomic mass is 10.0. The van der Waals surface area contributed by atoms with Gasteiger partial charge in [0, 0.05) is 47.7 Å². The van der Waals surface area contributed by atoms with E-state index in [4.69, 9.17) is 4.98 Å². The standard InChI is InChI=1S/C27H22N8O/c1-2-3-24(36)31-19-10-18(12-29-13-19)17-4-5-22-20(11-17)26(35-34-22)27-32-23-15-30-14-21(25(23)33-27)16-6-8-28-9-7-16/h4-15H,2-3H2,1H3,(H,31,36)(H,32,33)(H,34,35). The minimum atomic E-state index is -0.0190. The van der Waals surface area contributed by atoms with E-state index in [1.165, 1.54) is 0 Å². The average Bonchev–Trinajstić information content (AvgIpc) is 3.53. The molecule has 0 aliphatic heterocycles. The van der Waals surface area contributed by atoms with Crippen LogP contribution in [0.1, 0.15) is 19.8 Å². The van der Waals surface area contributed by atoms with Crippen molar-refractivity contribution in [3.05, 3.63) is 73.6 Å². The fourth-order valence-corrected chi connectivity index (χ4v) is 4.28. The molecule has 0 saturated heterocycles. The van der Waals surface area contributed by atoms with Crippen LogP contribution in [-0.2, 0) is 4.79 Å². The van der Waals surface area contributed by atoms with Crippen LogP contribution < -0.4 is 5.32 Å². The summed E-state index contributed by atoms with van der Waals surface area (Å²) >= 11 is 0. The summed E-state index contributed by atoms with van der Waals surface area (Å²) in [6.45, 7) is 1.98. The number of carbonyl (C=O) groups is 1. The highest BCUT2D eigenvalue weighted by Crippen LogP contribution is 2.33. The predicted octanol–water partition coefficient (Wildman–Crippen LogP) is 5.36. The van der Waals surface area contributed by atoms with Gasteiger partial charge in [-0.1, -0.05) is 13.0 Å². The molecule has 0 aliphatic rings. The van der Waals surface area contributed by atoms with Gasteiger partial charge in [0.25, 0.3) is 0 Å². The van der Waals surface area contributed by atoms with Crippen LogP contribution in [-0.4, -0.2) is 41.0 Å².